The van der Waals surface area contributed by atoms with Gasteiger partial charge in [0, 0.05) is 6.04 Å². The zero-order valence-electron chi connectivity index (χ0n) is 15.9. The Labute approximate surface area is 159 Å². The van der Waals surface area contributed by atoms with Crippen LogP contribution in [-0.4, -0.2) is 36.2 Å². The largest absolute Gasteiger partial charge is 0.479 e. The van der Waals surface area contributed by atoms with Gasteiger partial charge in [-0.3, -0.25) is 10.1 Å². The number of hydrogen-bond acceptors (Lipinski definition) is 5. The Morgan fingerprint density at radius 2 is 1.78 bits per heavy atom. The highest BCUT2D eigenvalue weighted by Crippen LogP contribution is 2.17. The minimum Gasteiger partial charge on any atom is -0.479 e. The molecule has 7 nitrogen and oxygen atoms in total. The first-order valence-corrected chi connectivity index (χ1v) is 9.53. The van der Waals surface area contributed by atoms with E-state index in [2.05, 4.69) is 10.6 Å². The van der Waals surface area contributed by atoms with Gasteiger partial charge in [0.15, 0.2) is 12.2 Å². The molecule has 0 heterocycles. The van der Waals surface area contributed by atoms with Crippen LogP contribution >= 0.6 is 0 Å². The molecule has 0 aliphatic heterocycles. The fraction of sp³-hybridized carbons (Fsp3) is 0.550. The number of hydrogen-bond donors (Lipinski definition) is 2. The van der Waals surface area contributed by atoms with Gasteiger partial charge in [-0.15, -0.1) is 0 Å². The first kappa shape index (κ1) is 20.7. The zero-order valence-corrected chi connectivity index (χ0v) is 15.9. The Kier molecular flexibility index (Phi) is 8.10. The number of rotatable bonds is 7. The van der Waals surface area contributed by atoms with E-state index in [9.17, 15) is 14.4 Å². The number of para-hydroxylation sites is 1. The minimum atomic E-state index is -1.09. The number of ether oxygens (including phenoxy) is 2. The van der Waals surface area contributed by atoms with E-state index >= 15 is 0 Å². The van der Waals surface area contributed by atoms with E-state index in [-0.39, 0.29) is 6.04 Å². The maximum atomic E-state index is 12.3. The molecule has 3 amide bonds. The van der Waals surface area contributed by atoms with Crippen molar-refractivity contribution in [2.24, 2.45) is 0 Å². The maximum Gasteiger partial charge on any atom is 0.348 e. The number of carbonyl (C=O) groups excluding carboxylic acids is 3. The highest BCUT2D eigenvalue weighted by Gasteiger charge is 2.26. The van der Waals surface area contributed by atoms with Gasteiger partial charge < -0.3 is 14.8 Å². The molecule has 7 heteroatoms. The smallest absolute Gasteiger partial charge is 0.348 e. The van der Waals surface area contributed by atoms with Crippen molar-refractivity contribution in [3.63, 3.8) is 0 Å². The molecule has 27 heavy (non-hydrogen) atoms. The van der Waals surface area contributed by atoms with Gasteiger partial charge in [-0.2, -0.15) is 0 Å². The fourth-order valence-corrected chi connectivity index (χ4v) is 2.95. The van der Waals surface area contributed by atoms with Crippen molar-refractivity contribution >= 4 is 17.9 Å². The standard InChI is InChI=1S/C20H28N2O5/c1-3-17(27-16-12-8-5-9-13-16)19(24)26-14(2)18(23)22-20(25)21-15-10-6-4-7-11-15/h5,8-9,12-15,17H,3-4,6-7,10-11H2,1-2H3,(H2,21,22,23,25)/t14-,17-/m0/s1. The molecule has 2 atom stereocenters. The first-order valence-electron chi connectivity index (χ1n) is 9.53. The fourth-order valence-electron chi connectivity index (χ4n) is 2.95. The number of esters is 1. The van der Waals surface area contributed by atoms with Crippen LogP contribution in [0.5, 0.6) is 5.75 Å². The Morgan fingerprint density at radius 3 is 2.41 bits per heavy atom. The number of urea groups is 1. The quantitative estimate of drug-likeness (QED) is 0.714. The van der Waals surface area contributed by atoms with Gasteiger partial charge in [-0.25, -0.2) is 9.59 Å². The summed E-state index contributed by atoms with van der Waals surface area (Å²) in [5, 5.41) is 5.02. The van der Waals surface area contributed by atoms with E-state index in [1.54, 1.807) is 31.2 Å². The van der Waals surface area contributed by atoms with Gasteiger partial charge in [0.1, 0.15) is 5.75 Å². The average molecular weight is 376 g/mol. The zero-order chi connectivity index (χ0) is 19.6. The van der Waals surface area contributed by atoms with Crippen molar-refractivity contribution in [1.29, 1.82) is 0 Å². The Hall–Kier alpha value is -2.57. The SMILES string of the molecule is CC[C@H](Oc1ccccc1)C(=O)O[C@@H](C)C(=O)NC(=O)NC1CCCCC1. The topological polar surface area (TPSA) is 93.7 Å². The maximum absolute atomic E-state index is 12.3. The molecule has 2 N–H and O–H groups in total. The van der Waals surface area contributed by atoms with Gasteiger partial charge in [-0.05, 0) is 38.3 Å². The predicted octanol–water partition coefficient (Wildman–Crippen LogP) is 2.93. The molecule has 0 unspecified atom stereocenters. The highest BCUT2D eigenvalue weighted by molar-refractivity contribution is 5.97. The van der Waals surface area contributed by atoms with Crippen molar-refractivity contribution in [3.05, 3.63) is 30.3 Å². The summed E-state index contributed by atoms with van der Waals surface area (Å²) in [6.45, 7) is 3.22. The Bertz CT molecular complexity index is 629. The van der Waals surface area contributed by atoms with Crippen LogP contribution in [0.2, 0.25) is 0 Å². The molecule has 1 aliphatic rings. The van der Waals surface area contributed by atoms with Crippen LogP contribution in [0.1, 0.15) is 52.4 Å². The van der Waals surface area contributed by atoms with E-state index < -0.39 is 30.1 Å². The van der Waals surface area contributed by atoms with Crippen molar-refractivity contribution in [3.8, 4) is 5.75 Å². The number of amides is 3. The summed E-state index contributed by atoms with van der Waals surface area (Å²) in [5.41, 5.74) is 0. The van der Waals surface area contributed by atoms with Gasteiger partial charge in [0.05, 0.1) is 0 Å². The Morgan fingerprint density at radius 1 is 1.11 bits per heavy atom. The van der Waals surface area contributed by atoms with Gasteiger partial charge >= 0.3 is 12.0 Å². The van der Waals surface area contributed by atoms with E-state index in [1.807, 2.05) is 6.07 Å². The first-order chi connectivity index (χ1) is 13.0. The van der Waals surface area contributed by atoms with Gasteiger partial charge in [0.2, 0.25) is 0 Å². The molecular weight excluding hydrogens is 348 g/mol. The third kappa shape index (κ3) is 6.92. The summed E-state index contributed by atoms with van der Waals surface area (Å²) in [7, 11) is 0. The molecule has 0 radical (unpaired) electrons. The molecule has 0 spiro atoms. The molecule has 1 aromatic rings. The van der Waals surface area contributed by atoms with Crippen LogP contribution in [0.4, 0.5) is 4.79 Å². The monoisotopic (exact) mass is 376 g/mol. The van der Waals surface area contributed by atoms with E-state index in [4.69, 9.17) is 9.47 Å². The molecule has 148 valence electrons. The molecule has 2 rings (SSSR count). The van der Waals surface area contributed by atoms with Crippen LogP contribution < -0.4 is 15.4 Å². The normalized spacial score (nSPS) is 16.7. The highest BCUT2D eigenvalue weighted by atomic mass is 16.6. The second kappa shape index (κ2) is 10.5. The summed E-state index contributed by atoms with van der Waals surface area (Å²) in [6, 6.07) is 8.46. The summed E-state index contributed by atoms with van der Waals surface area (Å²) in [4.78, 5) is 36.3. The van der Waals surface area contributed by atoms with Crippen LogP contribution in [0.25, 0.3) is 0 Å². The number of carbonyl (C=O) groups is 3. The van der Waals surface area contributed by atoms with Crippen LogP contribution in [0, 0.1) is 0 Å². The molecule has 1 saturated carbocycles. The molecule has 1 aliphatic carbocycles. The lowest BCUT2D eigenvalue weighted by Crippen LogP contribution is -2.48. The lowest BCUT2D eigenvalue weighted by Gasteiger charge is -2.23. The second-order valence-electron chi connectivity index (χ2n) is 6.70. The van der Waals surface area contributed by atoms with Crippen molar-refractivity contribution in [2.75, 3.05) is 0 Å². The van der Waals surface area contributed by atoms with E-state index in [0.717, 1.165) is 25.7 Å². The molecule has 0 bridgehead atoms. The molecule has 1 fully saturated rings. The third-order valence-corrected chi connectivity index (χ3v) is 4.49. The lowest BCUT2D eigenvalue weighted by atomic mass is 9.96. The van der Waals surface area contributed by atoms with Gasteiger partial charge in [-0.1, -0.05) is 44.4 Å². The van der Waals surface area contributed by atoms with E-state index in [1.165, 1.54) is 13.3 Å². The minimum absolute atomic E-state index is 0.0909. The van der Waals surface area contributed by atoms with Gasteiger partial charge in [0.25, 0.3) is 5.91 Å². The molecule has 0 saturated heterocycles. The lowest BCUT2D eigenvalue weighted by molar-refractivity contribution is -0.161. The molecule has 0 aromatic heterocycles. The summed E-state index contributed by atoms with van der Waals surface area (Å²) >= 11 is 0. The number of benzene rings is 1. The molecule has 1 aromatic carbocycles. The van der Waals surface area contributed by atoms with Crippen molar-refractivity contribution in [2.45, 2.75) is 70.6 Å². The summed E-state index contributed by atoms with van der Waals surface area (Å²) in [5.74, 6) is -0.756. The number of imide groups is 1. The average Bonchev–Trinajstić information content (AvgIpc) is 2.67. The summed E-state index contributed by atoms with van der Waals surface area (Å²) < 4.78 is 10.8. The van der Waals surface area contributed by atoms with Crippen LogP contribution in [-0.2, 0) is 14.3 Å². The predicted molar refractivity (Wildman–Crippen MR) is 100 cm³/mol. The van der Waals surface area contributed by atoms with Crippen molar-refractivity contribution in [1.82, 2.24) is 10.6 Å². The number of nitrogens with one attached hydrogen (secondary N) is 2. The Balaban J connectivity index is 1.79. The van der Waals surface area contributed by atoms with E-state index in [0.29, 0.717) is 12.2 Å². The molecular formula is C20H28N2O5. The summed E-state index contributed by atoms with van der Waals surface area (Å²) in [6.07, 6.45) is 3.64. The third-order valence-electron chi connectivity index (χ3n) is 4.49. The second-order valence-corrected chi connectivity index (χ2v) is 6.70. The van der Waals surface area contributed by atoms with Crippen LogP contribution in [0.3, 0.4) is 0 Å². The van der Waals surface area contributed by atoms with Crippen molar-refractivity contribution < 1.29 is 23.9 Å². The van der Waals surface area contributed by atoms with Crippen LogP contribution in [0.15, 0.2) is 30.3 Å².